The van der Waals surface area contributed by atoms with Gasteiger partial charge in [-0.2, -0.15) is 0 Å². The van der Waals surface area contributed by atoms with Gasteiger partial charge in [0.25, 0.3) is 0 Å². The summed E-state index contributed by atoms with van der Waals surface area (Å²) >= 11 is 11.3. The number of hydrogen-bond acceptors (Lipinski definition) is 1. The predicted octanol–water partition coefficient (Wildman–Crippen LogP) is 3.40. The van der Waals surface area contributed by atoms with Crippen LogP contribution in [-0.4, -0.2) is 5.11 Å². The summed E-state index contributed by atoms with van der Waals surface area (Å²) in [6.07, 6.45) is 0.537. The third-order valence-electron chi connectivity index (χ3n) is 1.59. The Morgan fingerprint density at radius 3 is 2.58 bits per heavy atom. The molecule has 0 fully saturated rings. The highest BCUT2D eigenvalue weighted by Gasteiger charge is 2.13. The zero-order valence-corrected chi connectivity index (χ0v) is 7.88. The molecule has 1 N–H and O–H groups in total. The molecule has 0 radical (unpaired) electrons. The molecule has 0 unspecified atom stereocenters. The monoisotopic (exact) mass is 208 g/mol. The van der Waals surface area contributed by atoms with E-state index in [0.717, 1.165) is 6.07 Å². The van der Waals surface area contributed by atoms with Crippen molar-refractivity contribution >= 4 is 23.2 Å². The third kappa shape index (κ3) is 1.50. The molecule has 0 spiro atoms. The molecule has 0 heterocycles. The second kappa shape index (κ2) is 3.50. The van der Waals surface area contributed by atoms with Crippen molar-refractivity contribution in [3.8, 4) is 5.75 Å². The minimum absolute atomic E-state index is 0.0949. The smallest absolute Gasteiger partial charge is 0.183 e. The molecule has 1 aromatic carbocycles. The Morgan fingerprint density at radius 2 is 2.08 bits per heavy atom. The van der Waals surface area contributed by atoms with Gasteiger partial charge in [-0.25, -0.2) is 4.39 Å². The summed E-state index contributed by atoms with van der Waals surface area (Å²) in [5.74, 6) is -1.32. The Balaban J connectivity index is 3.40. The fourth-order valence-electron chi connectivity index (χ4n) is 0.944. The first-order chi connectivity index (χ1) is 5.57. The maximum Gasteiger partial charge on any atom is 0.183 e. The lowest BCUT2D eigenvalue weighted by atomic mass is 10.1. The van der Waals surface area contributed by atoms with Gasteiger partial charge in [-0.15, -0.1) is 0 Å². The molecule has 1 nitrogen and oxygen atoms in total. The number of phenolic OH excluding ortho intramolecular Hbond substituents is 1. The Labute approximate surface area is 79.7 Å². The van der Waals surface area contributed by atoms with Crippen LogP contribution < -0.4 is 0 Å². The zero-order valence-electron chi connectivity index (χ0n) is 6.37. The molecule has 0 saturated carbocycles. The van der Waals surface area contributed by atoms with E-state index in [4.69, 9.17) is 28.3 Å². The van der Waals surface area contributed by atoms with Gasteiger partial charge >= 0.3 is 0 Å². The van der Waals surface area contributed by atoms with Crippen molar-refractivity contribution in [2.75, 3.05) is 0 Å². The van der Waals surface area contributed by atoms with Gasteiger partial charge in [-0.1, -0.05) is 30.1 Å². The summed E-state index contributed by atoms with van der Waals surface area (Å²) in [7, 11) is 0. The molecular formula is C8H7Cl2FO. The van der Waals surface area contributed by atoms with Crippen molar-refractivity contribution in [1.82, 2.24) is 0 Å². The van der Waals surface area contributed by atoms with Gasteiger partial charge in [0.1, 0.15) is 0 Å². The summed E-state index contributed by atoms with van der Waals surface area (Å²) in [6, 6.07) is 1.15. The van der Waals surface area contributed by atoms with E-state index >= 15 is 0 Å². The standard InChI is InChI=1S/C8H7Cl2FO/c1-2-4-5(9)3-6(12)8(11)7(4)10/h3,12H,2H2,1H3. The summed E-state index contributed by atoms with van der Waals surface area (Å²) in [6.45, 7) is 1.81. The maximum atomic E-state index is 12.9. The Hall–Kier alpha value is -0.470. The lowest BCUT2D eigenvalue weighted by molar-refractivity contribution is 0.432. The zero-order chi connectivity index (χ0) is 9.30. The first-order valence-corrected chi connectivity index (χ1v) is 4.18. The molecule has 0 atom stereocenters. The van der Waals surface area contributed by atoms with E-state index < -0.39 is 11.6 Å². The SMILES string of the molecule is CCc1c(Cl)cc(O)c(F)c1Cl. The van der Waals surface area contributed by atoms with Gasteiger partial charge in [-0.05, 0) is 12.0 Å². The van der Waals surface area contributed by atoms with Crippen molar-refractivity contribution in [3.05, 3.63) is 27.5 Å². The van der Waals surface area contributed by atoms with Crippen LogP contribution in [0.15, 0.2) is 6.07 Å². The average Bonchev–Trinajstić information content (AvgIpc) is 2.01. The second-order valence-corrected chi connectivity index (χ2v) is 3.12. The molecule has 12 heavy (non-hydrogen) atoms. The van der Waals surface area contributed by atoms with Crippen molar-refractivity contribution in [1.29, 1.82) is 0 Å². The van der Waals surface area contributed by atoms with E-state index in [0.29, 0.717) is 17.0 Å². The first-order valence-electron chi connectivity index (χ1n) is 3.43. The van der Waals surface area contributed by atoms with Crippen LogP contribution in [0.1, 0.15) is 12.5 Å². The summed E-state index contributed by atoms with van der Waals surface area (Å²) < 4.78 is 12.9. The summed E-state index contributed by atoms with van der Waals surface area (Å²) in [5.41, 5.74) is 0.522. The number of hydrogen-bond donors (Lipinski definition) is 1. The number of phenols is 1. The predicted molar refractivity (Wildman–Crippen MR) is 47.5 cm³/mol. The van der Waals surface area contributed by atoms with Crippen LogP contribution in [0, 0.1) is 5.82 Å². The molecule has 1 rings (SSSR count). The summed E-state index contributed by atoms with van der Waals surface area (Å²) in [5, 5.41) is 9.16. The van der Waals surface area contributed by atoms with E-state index in [2.05, 4.69) is 0 Å². The minimum atomic E-state index is -0.807. The van der Waals surface area contributed by atoms with Crippen LogP contribution in [0.3, 0.4) is 0 Å². The van der Waals surface area contributed by atoms with Gasteiger partial charge in [0.2, 0.25) is 0 Å². The van der Waals surface area contributed by atoms with Crippen LogP contribution >= 0.6 is 23.2 Å². The van der Waals surface area contributed by atoms with Crippen LogP contribution in [0.4, 0.5) is 4.39 Å². The van der Waals surface area contributed by atoms with E-state index in [9.17, 15) is 4.39 Å². The Bertz CT molecular complexity index is 312. The lowest BCUT2D eigenvalue weighted by Crippen LogP contribution is -1.89. The number of benzene rings is 1. The number of aromatic hydroxyl groups is 1. The Kier molecular flexibility index (Phi) is 2.80. The largest absolute Gasteiger partial charge is 0.505 e. The van der Waals surface area contributed by atoms with Crippen molar-refractivity contribution in [3.63, 3.8) is 0 Å². The quantitative estimate of drug-likeness (QED) is 0.702. The van der Waals surface area contributed by atoms with Crippen LogP contribution in [0.25, 0.3) is 0 Å². The molecule has 0 aliphatic heterocycles. The van der Waals surface area contributed by atoms with Crippen molar-refractivity contribution in [2.45, 2.75) is 13.3 Å². The van der Waals surface area contributed by atoms with Crippen LogP contribution in [0.5, 0.6) is 5.75 Å². The van der Waals surface area contributed by atoms with E-state index in [1.807, 2.05) is 6.92 Å². The van der Waals surface area contributed by atoms with Gasteiger partial charge in [-0.3, -0.25) is 0 Å². The molecule has 66 valence electrons. The fraction of sp³-hybridized carbons (Fsp3) is 0.250. The summed E-state index contributed by atoms with van der Waals surface area (Å²) in [4.78, 5) is 0. The van der Waals surface area contributed by atoms with E-state index in [-0.39, 0.29) is 5.02 Å². The first kappa shape index (κ1) is 9.62. The molecule has 1 aromatic rings. The van der Waals surface area contributed by atoms with Crippen LogP contribution in [-0.2, 0) is 6.42 Å². The third-order valence-corrected chi connectivity index (χ3v) is 2.32. The lowest BCUT2D eigenvalue weighted by Gasteiger charge is -2.06. The average molecular weight is 209 g/mol. The topological polar surface area (TPSA) is 20.2 Å². The highest BCUT2D eigenvalue weighted by atomic mass is 35.5. The molecular weight excluding hydrogens is 202 g/mol. The van der Waals surface area contributed by atoms with Crippen molar-refractivity contribution < 1.29 is 9.50 Å². The minimum Gasteiger partial charge on any atom is -0.505 e. The van der Waals surface area contributed by atoms with E-state index in [1.165, 1.54) is 0 Å². The molecule has 4 heteroatoms. The fourth-order valence-corrected chi connectivity index (χ4v) is 1.66. The highest BCUT2D eigenvalue weighted by Crippen LogP contribution is 2.33. The Morgan fingerprint density at radius 1 is 1.50 bits per heavy atom. The normalized spacial score (nSPS) is 10.3. The molecule has 0 aliphatic carbocycles. The van der Waals surface area contributed by atoms with Gasteiger partial charge < -0.3 is 5.11 Å². The second-order valence-electron chi connectivity index (χ2n) is 2.34. The maximum absolute atomic E-state index is 12.9. The number of halogens is 3. The highest BCUT2D eigenvalue weighted by molar-refractivity contribution is 6.36. The molecule has 0 aliphatic rings. The molecule has 0 aromatic heterocycles. The molecule has 0 amide bonds. The van der Waals surface area contributed by atoms with Gasteiger partial charge in [0.05, 0.1) is 5.02 Å². The van der Waals surface area contributed by atoms with Crippen molar-refractivity contribution in [2.24, 2.45) is 0 Å². The van der Waals surface area contributed by atoms with Gasteiger partial charge in [0, 0.05) is 11.1 Å². The molecule has 0 saturated heterocycles. The number of rotatable bonds is 1. The van der Waals surface area contributed by atoms with E-state index in [1.54, 1.807) is 0 Å². The van der Waals surface area contributed by atoms with Gasteiger partial charge in [0.15, 0.2) is 11.6 Å². The molecule has 0 bridgehead atoms. The van der Waals surface area contributed by atoms with Crippen LogP contribution in [0.2, 0.25) is 10.0 Å².